The molecular weight excluding hydrogens is 332 g/mol. The number of urea groups is 1. The van der Waals surface area contributed by atoms with E-state index in [4.69, 9.17) is 4.52 Å². The Bertz CT molecular complexity index is 845. The predicted molar refractivity (Wildman–Crippen MR) is 93.9 cm³/mol. The number of nitrogens with zero attached hydrogens (tertiary/aromatic N) is 3. The average molecular weight is 354 g/mol. The van der Waals surface area contributed by atoms with Crippen molar-refractivity contribution in [3.05, 3.63) is 35.7 Å². The van der Waals surface area contributed by atoms with Crippen molar-refractivity contribution in [2.24, 2.45) is 5.92 Å². The van der Waals surface area contributed by atoms with Crippen molar-refractivity contribution in [2.45, 2.75) is 51.6 Å². The van der Waals surface area contributed by atoms with Gasteiger partial charge in [-0.25, -0.2) is 4.79 Å². The topological polar surface area (TPSA) is 88.3 Å². The highest BCUT2D eigenvalue weighted by Crippen LogP contribution is 2.38. The number of imide groups is 1. The molecule has 2 aromatic rings. The number of aromatic nitrogens is 2. The first-order valence-corrected chi connectivity index (χ1v) is 9.03. The van der Waals surface area contributed by atoms with Crippen LogP contribution in [0.4, 0.5) is 4.79 Å². The zero-order chi connectivity index (χ0) is 18.3. The fourth-order valence-corrected chi connectivity index (χ4v) is 3.91. The van der Waals surface area contributed by atoms with Crippen LogP contribution in [0.1, 0.15) is 44.0 Å². The van der Waals surface area contributed by atoms with E-state index in [0.717, 1.165) is 30.4 Å². The van der Waals surface area contributed by atoms with Crippen LogP contribution in [0.2, 0.25) is 0 Å². The monoisotopic (exact) mass is 354 g/mol. The molecule has 2 fully saturated rings. The maximum absolute atomic E-state index is 13.0. The molecule has 1 saturated heterocycles. The Morgan fingerprint density at radius 2 is 2.04 bits per heavy atom. The predicted octanol–water partition coefficient (Wildman–Crippen LogP) is 3.05. The van der Waals surface area contributed by atoms with Gasteiger partial charge in [0.25, 0.3) is 11.8 Å². The molecule has 26 heavy (non-hydrogen) atoms. The van der Waals surface area contributed by atoms with Crippen LogP contribution in [0.3, 0.4) is 0 Å². The second-order valence-electron chi connectivity index (χ2n) is 7.32. The second kappa shape index (κ2) is 6.23. The molecule has 7 heteroatoms. The molecule has 1 spiro atoms. The second-order valence-corrected chi connectivity index (χ2v) is 7.32. The maximum Gasteiger partial charge on any atom is 0.325 e. The lowest BCUT2D eigenvalue weighted by Gasteiger charge is -2.36. The minimum Gasteiger partial charge on any atom is -0.334 e. The van der Waals surface area contributed by atoms with Gasteiger partial charge in [-0.1, -0.05) is 42.6 Å². The molecule has 0 bridgehead atoms. The van der Waals surface area contributed by atoms with E-state index in [1.54, 1.807) is 0 Å². The minimum atomic E-state index is -0.765. The summed E-state index contributed by atoms with van der Waals surface area (Å²) in [6.07, 6.45) is 3.68. The van der Waals surface area contributed by atoms with Gasteiger partial charge in [0.05, 0.1) is 6.54 Å². The van der Waals surface area contributed by atoms with Gasteiger partial charge >= 0.3 is 6.03 Å². The smallest absolute Gasteiger partial charge is 0.325 e. The van der Waals surface area contributed by atoms with Gasteiger partial charge < -0.3 is 9.84 Å². The van der Waals surface area contributed by atoms with E-state index in [2.05, 4.69) is 15.5 Å². The van der Waals surface area contributed by atoms with Crippen molar-refractivity contribution in [1.82, 2.24) is 20.4 Å². The number of benzene rings is 1. The fourth-order valence-electron chi connectivity index (χ4n) is 3.91. The zero-order valence-corrected chi connectivity index (χ0v) is 15.0. The standard InChI is InChI=1S/C19H22N4O3/c1-12-6-8-14(9-7-12)16-20-15(22-26-16)11-23-17(24)19(21-18(23)25)10-4-3-5-13(19)2/h6-9,13H,3-5,10-11H2,1-2H3,(H,21,25). The summed E-state index contributed by atoms with van der Waals surface area (Å²) >= 11 is 0. The molecule has 2 heterocycles. The van der Waals surface area contributed by atoms with Crippen molar-refractivity contribution in [2.75, 3.05) is 0 Å². The van der Waals surface area contributed by atoms with Crippen molar-refractivity contribution < 1.29 is 14.1 Å². The summed E-state index contributed by atoms with van der Waals surface area (Å²) in [4.78, 5) is 31.0. The van der Waals surface area contributed by atoms with E-state index < -0.39 is 5.54 Å². The molecule has 1 saturated carbocycles. The average Bonchev–Trinajstić information content (AvgIpc) is 3.18. The SMILES string of the molecule is Cc1ccc(-c2nc(CN3C(=O)NC4(CCCCC4C)C3=O)no2)cc1. The van der Waals surface area contributed by atoms with E-state index in [1.807, 2.05) is 38.1 Å². The molecule has 7 nitrogen and oxygen atoms in total. The minimum absolute atomic E-state index is 0.0223. The van der Waals surface area contributed by atoms with Crippen molar-refractivity contribution in [3.8, 4) is 11.5 Å². The molecule has 1 aliphatic carbocycles. The lowest BCUT2D eigenvalue weighted by molar-refractivity contribution is -0.134. The normalized spacial score (nSPS) is 25.8. The molecule has 1 aromatic carbocycles. The number of hydrogen-bond acceptors (Lipinski definition) is 5. The van der Waals surface area contributed by atoms with Gasteiger partial charge in [0.15, 0.2) is 5.82 Å². The number of carbonyl (C=O) groups is 2. The van der Waals surface area contributed by atoms with Crippen LogP contribution in [-0.4, -0.2) is 32.5 Å². The van der Waals surface area contributed by atoms with Gasteiger partial charge in [0, 0.05) is 5.56 Å². The van der Waals surface area contributed by atoms with Crippen LogP contribution in [0, 0.1) is 12.8 Å². The van der Waals surface area contributed by atoms with Crippen LogP contribution in [0.25, 0.3) is 11.5 Å². The Morgan fingerprint density at radius 1 is 1.27 bits per heavy atom. The molecule has 1 aromatic heterocycles. The molecule has 1 aliphatic heterocycles. The third-order valence-electron chi connectivity index (χ3n) is 5.57. The van der Waals surface area contributed by atoms with Gasteiger partial charge in [-0.2, -0.15) is 4.98 Å². The molecule has 4 rings (SSSR count). The van der Waals surface area contributed by atoms with Crippen molar-refractivity contribution in [1.29, 1.82) is 0 Å². The van der Waals surface area contributed by atoms with E-state index in [0.29, 0.717) is 18.1 Å². The number of aryl methyl sites for hydroxylation is 1. The Kier molecular flexibility index (Phi) is 4.01. The Labute approximate surface area is 151 Å². The molecular formula is C19H22N4O3. The zero-order valence-electron chi connectivity index (χ0n) is 15.0. The van der Waals surface area contributed by atoms with Crippen LogP contribution < -0.4 is 5.32 Å². The molecule has 2 unspecified atom stereocenters. The third kappa shape index (κ3) is 2.67. The van der Waals surface area contributed by atoms with Gasteiger partial charge in [0.1, 0.15) is 5.54 Å². The lowest BCUT2D eigenvalue weighted by Crippen LogP contribution is -2.53. The summed E-state index contributed by atoms with van der Waals surface area (Å²) in [5, 5.41) is 6.88. The van der Waals surface area contributed by atoms with Crippen LogP contribution in [0.5, 0.6) is 0 Å². The van der Waals surface area contributed by atoms with Gasteiger partial charge in [-0.3, -0.25) is 9.69 Å². The van der Waals surface area contributed by atoms with Crippen molar-refractivity contribution in [3.63, 3.8) is 0 Å². The molecule has 0 radical (unpaired) electrons. The summed E-state index contributed by atoms with van der Waals surface area (Å²) in [6.45, 7) is 4.06. The first-order chi connectivity index (χ1) is 12.5. The number of amides is 3. The molecule has 2 aliphatic rings. The van der Waals surface area contributed by atoms with E-state index in [-0.39, 0.29) is 24.4 Å². The van der Waals surface area contributed by atoms with Gasteiger partial charge in [-0.15, -0.1) is 0 Å². The van der Waals surface area contributed by atoms with E-state index >= 15 is 0 Å². The summed E-state index contributed by atoms with van der Waals surface area (Å²) in [5.41, 5.74) is 1.18. The summed E-state index contributed by atoms with van der Waals surface area (Å²) < 4.78 is 5.30. The van der Waals surface area contributed by atoms with Crippen LogP contribution >= 0.6 is 0 Å². The molecule has 136 valence electrons. The number of hydrogen-bond donors (Lipinski definition) is 1. The third-order valence-corrected chi connectivity index (χ3v) is 5.57. The molecule has 2 atom stereocenters. The van der Waals surface area contributed by atoms with Crippen LogP contribution in [-0.2, 0) is 11.3 Å². The molecule has 3 amide bonds. The van der Waals surface area contributed by atoms with E-state index in [1.165, 1.54) is 4.90 Å². The summed E-state index contributed by atoms with van der Waals surface area (Å²) in [5.74, 6) is 0.667. The highest BCUT2D eigenvalue weighted by Gasteiger charge is 2.55. The fraction of sp³-hybridized carbons (Fsp3) is 0.474. The Hall–Kier alpha value is -2.70. The van der Waals surface area contributed by atoms with Gasteiger partial charge in [0.2, 0.25) is 0 Å². The summed E-state index contributed by atoms with van der Waals surface area (Å²) in [6, 6.07) is 7.36. The lowest BCUT2D eigenvalue weighted by atomic mass is 9.73. The van der Waals surface area contributed by atoms with Crippen LogP contribution in [0.15, 0.2) is 28.8 Å². The Morgan fingerprint density at radius 3 is 2.77 bits per heavy atom. The highest BCUT2D eigenvalue weighted by atomic mass is 16.5. The maximum atomic E-state index is 13.0. The van der Waals surface area contributed by atoms with Gasteiger partial charge in [-0.05, 0) is 37.8 Å². The first-order valence-electron chi connectivity index (χ1n) is 9.03. The van der Waals surface area contributed by atoms with E-state index in [9.17, 15) is 9.59 Å². The number of nitrogens with one attached hydrogen (secondary N) is 1. The van der Waals surface area contributed by atoms with Crippen molar-refractivity contribution >= 4 is 11.9 Å². The highest BCUT2D eigenvalue weighted by molar-refractivity contribution is 6.07. The number of rotatable bonds is 3. The quantitative estimate of drug-likeness (QED) is 0.856. The Balaban J connectivity index is 1.53. The summed E-state index contributed by atoms with van der Waals surface area (Å²) in [7, 11) is 0. The largest absolute Gasteiger partial charge is 0.334 e. The first kappa shape index (κ1) is 16.8. The molecule has 1 N–H and O–H groups in total. The number of carbonyl (C=O) groups excluding carboxylic acids is 2.